The van der Waals surface area contributed by atoms with Gasteiger partial charge in [0.1, 0.15) is 5.82 Å². The summed E-state index contributed by atoms with van der Waals surface area (Å²) in [6.45, 7) is 20.5. The van der Waals surface area contributed by atoms with E-state index in [1.807, 2.05) is 41.5 Å². The Morgan fingerprint density at radius 1 is 0.951 bits per heavy atom. The van der Waals surface area contributed by atoms with Gasteiger partial charge in [-0.1, -0.05) is 41.5 Å². The number of anilines is 2. The fraction of sp³-hybridized carbons (Fsp3) is 0.621. The van der Waals surface area contributed by atoms with E-state index in [9.17, 15) is 8.42 Å². The van der Waals surface area contributed by atoms with Crippen molar-refractivity contribution in [1.82, 2.24) is 24.2 Å². The zero-order chi connectivity index (χ0) is 30.6. The van der Waals surface area contributed by atoms with Crippen LogP contribution in [0.25, 0.3) is 21.3 Å². The molecule has 0 bridgehead atoms. The Hall–Kier alpha value is -2.38. The quantitative estimate of drug-likeness (QED) is 0.410. The SMILES string of the molecule is CC.CC.CC.CNc1ncc(-c2cc3c(C)c(CN4CCN(S(C)(=O)=O)CC4)sc3c(N3CCOCC3)n2)cn1. The van der Waals surface area contributed by atoms with Gasteiger partial charge in [0.2, 0.25) is 16.0 Å². The fourth-order valence-corrected chi connectivity index (χ4v) is 6.72. The predicted octanol–water partition coefficient (Wildman–Crippen LogP) is 5.10. The Balaban J connectivity index is 0.000000921. The predicted molar refractivity (Wildman–Crippen MR) is 174 cm³/mol. The molecule has 2 fully saturated rings. The van der Waals surface area contributed by atoms with Crippen LogP contribution in [0.3, 0.4) is 0 Å². The van der Waals surface area contributed by atoms with Crippen LogP contribution in [-0.4, -0.2) is 98.4 Å². The molecular formula is C29H49N7O3S2. The monoisotopic (exact) mass is 607 g/mol. The van der Waals surface area contributed by atoms with E-state index in [4.69, 9.17) is 9.72 Å². The third-order valence-corrected chi connectivity index (χ3v) is 9.24. The topological polar surface area (TPSA) is 104 Å². The lowest BCUT2D eigenvalue weighted by molar-refractivity contribution is 0.122. The highest BCUT2D eigenvalue weighted by Crippen LogP contribution is 2.39. The molecule has 5 heterocycles. The molecule has 41 heavy (non-hydrogen) atoms. The summed E-state index contributed by atoms with van der Waals surface area (Å²) in [6.07, 6.45) is 4.90. The molecule has 0 aliphatic carbocycles. The highest BCUT2D eigenvalue weighted by atomic mass is 32.2. The van der Waals surface area contributed by atoms with E-state index in [0.717, 1.165) is 49.8 Å². The zero-order valence-electron chi connectivity index (χ0n) is 26.3. The van der Waals surface area contributed by atoms with Gasteiger partial charge in [0.25, 0.3) is 0 Å². The van der Waals surface area contributed by atoms with Crippen molar-refractivity contribution < 1.29 is 13.2 Å². The van der Waals surface area contributed by atoms with Gasteiger partial charge in [-0.25, -0.2) is 23.4 Å². The molecule has 0 saturated carbocycles. The van der Waals surface area contributed by atoms with Crippen LogP contribution >= 0.6 is 11.3 Å². The van der Waals surface area contributed by atoms with Crippen LogP contribution < -0.4 is 10.2 Å². The van der Waals surface area contributed by atoms with Gasteiger partial charge in [0.15, 0.2) is 0 Å². The third-order valence-electron chi connectivity index (χ3n) is 6.65. The molecule has 2 saturated heterocycles. The van der Waals surface area contributed by atoms with Crippen molar-refractivity contribution in [2.75, 3.05) is 76.0 Å². The molecule has 0 atom stereocenters. The highest BCUT2D eigenvalue weighted by Gasteiger charge is 2.26. The molecule has 0 spiro atoms. The number of thiophene rings is 1. The number of ether oxygens (including phenoxy) is 1. The molecule has 3 aromatic rings. The summed E-state index contributed by atoms with van der Waals surface area (Å²) in [5, 5.41) is 4.15. The van der Waals surface area contributed by atoms with E-state index in [2.05, 4.69) is 38.1 Å². The van der Waals surface area contributed by atoms with Gasteiger partial charge in [0.05, 0.1) is 29.9 Å². The second-order valence-electron chi connectivity index (χ2n) is 8.94. The van der Waals surface area contributed by atoms with Crippen molar-refractivity contribution >= 4 is 43.2 Å². The van der Waals surface area contributed by atoms with Crippen molar-refractivity contribution in [2.24, 2.45) is 0 Å². The lowest BCUT2D eigenvalue weighted by Gasteiger charge is -2.33. The highest BCUT2D eigenvalue weighted by molar-refractivity contribution is 7.88. The molecule has 1 N–H and O–H groups in total. The largest absolute Gasteiger partial charge is 0.378 e. The average molecular weight is 608 g/mol. The molecule has 0 amide bonds. The minimum atomic E-state index is -3.13. The number of sulfonamides is 1. The van der Waals surface area contributed by atoms with Crippen molar-refractivity contribution in [1.29, 1.82) is 0 Å². The van der Waals surface area contributed by atoms with Gasteiger partial charge in [-0.15, -0.1) is 11.3 Å². The first-order valence-corrected chi connectivity index (χ1v) is 17.4. The second-order valence-corrected chi connectivity index (χ2v) is 12.0. The van der Waals surface area contributed by atoms with Gasteiger partial charge in [-0.2, -0.15) is 4.31 Å². The summed E-state index contributed by atoms with van der Waals surface area (Å²) < 4.78 is 32.1. The third kappa shape index (κ3) is 8.81. The van der Waals surface area contributed by atoms with Gasteiger partial charge in [-0.05, 0) is 18.6 Å². The van der Waals surface area contributed by atoms with Crippen LogP contribution in [0.5, 0.6) is 0 Å². The molecule has 5 rings (SSSR count). The molecule has 0 radical (unpaired) electrons. The smallest absolute Gasteiger partial charge is 0.222 e. The Morgan fingerprint density at radius 3 is 2.07 bits per heavy atom. The Labute approximate surface area is 251 Å². The number of piperazine rings is 1. The lowest BCUT2D eigenvalue weighted by Crippen LogP contribution is -2.47. The van der Waals surface area contributed by atoms with Crippen molar-refractivity contribution in [2.45, 2.75) is 55.0 Å². The van der Waals surface area contributed by atoms with E-state index in [1.54, 1.807) is 35.1 Å². The van der Waals surface area contributed by atoms with Crippen LogP contribution in [0.15, 0.2) is 18.5 Å². The number of fused-ring (bicyclic) bond motifs is 1. The van der Waals surface area contributed by atoms with E-state index in [0.29, 0.717) is 32.3 Å². The summed E-state index contributed by atoms with van der Waals surface area (Å²) in [5.41, 5.74) is 2.99. The van der Waals surface area contributed by atoms with Crippen LogP contribution in [0.2, 0.25) is 0 Å². The van der Waals surface area contributed by atoms with E-state index in [-0.39, 0.29) is 0 Å². The fourth-order valence-electron chi connectivity index (χ4n) is 4.55. The van der Waals surface area contributed by atoms with E-state index >= 15 is 0 Å². The van der Waals surface area contributed by atoms with Crippen molar-refractivity contribution in [3.8, 4) is 11.3 Å². The number of pyridine rings is 1. The molecule has 10 nitrogen and oxygen atoms in total. The number of hydrogen-bond acceptors (Lipinski definition) is 10. The number of nitrogens with zero attached hydrogens (tertiary/aromatic N) is 6. The van der Waals surface area contributed by atoms with Gasteiger partial charge in [0, 0.05) is 81.1 Å². The van der Waals surface area contributed by atoms with Gasteiger partial charge < -0.3 is 15.0 Å². The number of aryl methyl sites for hydroxylation is 1. The second kappa shape index (κ2) is 16.9. The minimum Gasteiger partial charge on any atom is -0.378 e. The minimum absolute atomic E-state index is 0.538. The van der Waals surface area contributed by atoms with E-state index < -0.39 is 10.0 Å². The van der Waals surface area contributed by atoms with Crippen LogP contribution in [0.1, 0.15) is 52.0 Å². The van der Waals surface area contributed by atoms with E-state index in [1.165, 1.54) is 26.8 Å². The maximum absolute atomic E-state index is 11.9. The molecule has 0 unspecified atom stereocenters. The normalized spacial score (nSPS) is 16.1. The van der Waals surface area contributed by atoms with Crippen LogP contribution in [0.4, 0.5) is 11.8 Å². The van der Waals surface area contributed by atoms with Crippen LogP contribution in [0, 0.1) is 6.92 Å². The first-order valence-electron chi connectivity index (χ1n) is 14.8. The molecule has 2 aliphatic heterocycles. The zero-order valence-corrected chi connectivity index (χ0v) is 28.0. The summed E-state index contributed by atoms with van der Waals surface area (Å²) in [6, 6.07) is 2.15. The first kappa shape index (κ1) is 34.8. The molecule has 0 aromatic carbocycles. The maximum Gasteiger partial charge on any atom is 0.222 e. The molecule has 12 heteroatoms. The maximum atomic E-state index is 11.9. The van der Waals surface area contributed by atoms with Crippen molar-refractivity contribution in [3.63, 3.8) is 0 Å². The first-order chi connectivity index (χ1) is 19.8. The summed E-state index contributed by atoms with van der Waals surface area (Å²) in [5.74, 6) is 1.56. The van der Waals surface area contributed by atoms with Gasteiger partial charge in [-0.3, -0.25) is 4.90 Å². The number of rotatable bonds is 6. The summed E-state index contributed by atoms with van der Waals surface area (Å²) >= 11 is 1.79. The Morgan fingerprint density at radius 2 is 1.54 bits per heavy atom. The summed E-state index contributed by atoms with van der Waals surface area (Å²) in [7, 11) is -1.33. The molecule has 2 aliphatic rings. The van der Waals surface area contributed by atoms with Gasteiger partial charge >= 0.3 is 0 Å². The Kier molecular flexibility index (Phi) is 14.4. The van der Waals surface area contributed by atoms with Crippen LogP contribution in [-0.2, 0) is 21.3 Å². The number of morpholine rings is 1. The molecule has 230 valence electrons. The molecule has 3 aromatic heterocycles. The Bertz CT molecular complexity index is 1300. The summed E-state index contributed by atoms with van der Waals surface area (Å²) in [4.78, 5) is 19.8. The number of hydrogen-bond donors (Lipinski definition) is 1. The standard InChI is InChI=1S/C23H31N7O3S2.3C2H6/c1-16-18-12-19(17-13-25-23(24-2)26-14-17)27-22(29-8-10-33-11-9-29)21(18)34-20(16)15-28-4-6-30(7-5-28)35(3,31)32;3*1-2/h12-14H,4-11,15H2,1-3H3,(H,24,25,26);3*1-2H3. The average Bonchev–Trinajstić information content (AvgIpc) is 3.34. The van der Waals surface area contributed by atoms with Crippen molar-refractivity contribution in [3.05, 3.63) is 28.9 Å². The number of nitrogens with one attached hydrogen (secondary N) is 1. The molecular weight excluding hydrogens is 558 g/mol. The number of aromatic nitrogens is 3. The lowest BCUT2D eigenvalue weighted by atomic mass is 10.1.